The van der Waals surface area contributed by atoms with Gasteiger partial charge in [-0.25, -0.2) is 0 Å². The van der Waals surface area contributed by atoms with E-state index in [-0.39, 0.29) is 23.8 Å². The Kier molecular flexibility index (Phi) is 5.56. The average Bonchev–Trinajstić information content (AvgIpc) is 2.99. The molecule has 21 heavy (non-hydrogen) atoms. The summed E-state index contributed by atoms with van der Waals surface area (Å²) in [4.78, 5) is 25.5. The summed E-state index contributed by atoms with van der Waals surface area (Å²) in [5, 5.41) is 7.25. The zero-order valence-electron chi connectivity index (χ0n) is 12.4. The lowest BCUT2D eigenvalue weighted by Crippen LogP contribution is -2.44. The highest BCUT2D eigenvalue weighted by Crippen LogP contribution is 2.18. The van der Waals surface area contributed by atoms with Gasteiger partial charge in [-0.15, -0.1) is 0 Å². The Morgan fingerprint density at radius 1 is 1.52 bits per heavy atom. The number of piperidine rings is 1. The van der Waals surface area contributed by atoms with Gasteiger partial charge in [0.1, 0.15) is 0 Å². The monoisotopic (exact) mass is 306 g/mol. The van der Waals surface area contributed by atoms with Gasteiger partial charge in [-0.1, -0.05) is 6.58 Å². The molecular weight excluding hydrogens is 284 g/mol. The van der Waals surface area contributed by atoms with Crippen LogP contribution in [0, 0.1) is 5.92 Å². The van der Waals surface area contributed by atoms with Crippen LogP contribution in [0.25, 0.3) is 0 Å². The lowest BCUT2D eigenvalue weighted by molar-refractivity contribution is -0.132. The fraction of sp³-hybridized carbons (Fsp3) is 0.500. The molecule has 1 aliphatic rings. The van der Waals surface area contributed by atoms with E-state index in [2.05, 4.69) is 28.7 Å². The van der Waals surface area contributed by atoms with Crippen molar-refractivity contribution in [2.75, 3.05) is 13.1 Å². The molecule has 0 radical (unpaired) electrons. The molecule has 1 aromatic heterocycles. The number of rotatable bonds is 5. The number of nitrogens with zero attached hydrogens (tertiary/aromatic N) is 1. The molecule has 2 rings (SSSR count). The third-order valence-corrected chi connectivity index (χ3v) is 4.59. The van der Waals surface area contributed by atoms with E-state index in [1.165, 1.54) is 11.6 Å². The van der Waals surface area contributed by atoms with Gasteiger partial charge < -0.3 is 10.2 Å². The predicted molar refractivity (Wildman–Crippen MR) is 85.1 cm³/mol. The molecule has 1 unspecified atom stereocenters. The van der Waals surface area contributed by atoms with Crippen LogP contribution in [0.2, 0.25) is 0 Å². The van der Waals surface area contributed by atoms with Crippen LogP contribution in [0.4, 0.5) is 0 Å². The molecule has 0 spiro atoms. The van der Waals surface area contributed by atoms with Crippen molar-refractivity contribution in [3.8, 4) is 0 Å². The van der Waals surface area contributed by atoms with Gasteiger partial charge in [0.05, 0.1) is 0 Å². The van der Waals surface area contributed by atoms with Gasteiger partial charge in [0.15, 0.2) is 0 Å². The van der Waals surface area contributed by atoms with Crippen molar-refractivity contribution in [2.45, 2.75) is 32.2 Å². The summed E-state index contributed by atoms with van der Waals surface area (Å²) in [5.41, 5.74) is 1.26. The van der Waals surface area contributed by atoms with Crippen LogP contribution in [-0.4, -0.2) is 35.8 Å². The predicted octanol–water partition coefficient (Wildman–Crippen LogP) is 2.22. The van der Waals surface area contributed by atoms with Crippen LogP contribution in [0.1, 0.15) is 25.3 Å². The van der Waals surface area contributed by atoms with Crippen LogP contribution >= 0.6 is 11.3 Å². The van der Waals surface area contributed by atoms with Gasteiger partial charge in [-0.3, -0.25) is 9.59 Å². The number of nitrogens with one attached hydrogen (secondary N) is 1. The van der Waals surface area contributed by atoms with Gasteiger partial charge in [0.25, 0.3) is 0 Å². The Balaban J connectivity index is 1.76. The molecule has 1 aromatic rings. The molecule has 4 nitrogen and oxygen atoms in total. The summed E-state index contributed by atoms with van der Waals surface area (Å²) >= 11 is 1.68. The maximum absolute atomic E-state index is 12.3. The number of amides is 2. The first-order valence-corrected chi connectivity index (χ1v) is 8.27. The van der Waals surface area contributed by atoms with Crippen molar-refractivity contribution in [3.63, 3.8) is 0 Å². The Hall–Kier alpha value is -1.62. The standard InChI is InChI=1S/C16H22N2O2S/c1-3-15(19)18-7-4-14(5-8-18)16(20)17-12(2)10-13-6-9-21-11-13/h3,6,9,11-12,14H,1,4-5,7-8,10H2,2H3,(H,17,20). The first-order valence-electron chi connectivity index (χ1n) is 7.33. The highest BCUT2D eigenvalue weighted by molar-refractivity contribution is 7.07. The lowest BCUT2D eigenvalue weighted by atomic mass is 9.95. The highest BCUT2D eigenvalue weighted by Gasteiger charge is 2.27. The Morgan fingerprint density at radius 3 is 2.81 bits per heavy atom. The summed E-state index contributed by atoms with van der Waals surface area (Å²) in [7, 11) is 0. The second-order valence-corrected chi connectivity index (χ2v) is 6.33. The molecule has 1 fully saturated rings. The van der Waals surface area contributed by atoms with Gasteiger partial charge in [-0.05, 0) is 54.7 Å². The van der Waals surface area contributed by atoms with E-state index in [0.717, 1.165) is 19.3 Å². The quantitative estimate of drug-likeness (QED) is 0.848. The first-order chi connectivity index (χ1) is 10.1. The SMILES string of the molecule is C=CC(=O)N1CCC(C(=O)NC(C)Cc2ccsc2)CC1. The molecular formula is C16H22N2O2S. The van der Waals surface area contributed by atoms with E-state index in [4.69, 9.17) is 0 Å². The van der Waals surface area contributed by atoms with Gasteiger partial charge in [0.2, 0.25) is 11.8 Å². The summed E-state index contributed by atoms with van der Waals surface area (Å²) in [6, 6.07) is 2.23. The number of hydrogen-bond donors (Lipinski definition) is 1. The van der Waals surface area contributed by atoms with Crippen LogP contribution in [0.3, 0.4) is 0 Å². The third kappa shape index (κ3) is 4.43. The van der Waals surface area contributed by atoms with E-state index in [1.54, 1.807) is 16.2 Å². The fourth-order valence-electron chi connectivity index (χ4n) is 2.67. The second kappa shape index (κ2) is 7.41. The molecule has 114 valence electrons. The molecule has 5 heteroatoms. The van der Waals surface area contributed by atoms with Crippen LogP contribution in [0.5, 0.6) is 0 Å². The molecule has 1 aliphatic heterocycles. The summed E-state index contributed by atoms with van der Waals surface area (Å²) in [6.07, 6.45) is 3.67. The average molecular weight is 306 g/mol. The largest absolute Gasteiger partial charge is 0.353 e. The Labute approximate surface area is 129 Å². The Morgan fingerprint density at radius 2 is 2.24 bits per heavy atom. The fourth-order valence-corrected chi connectivity index (χ4v) is 3.35. The molecule has 0 saturated carbocycles. The zero-order valence-corrected chi connectivity index (χ0v) is 13.2. The van der Waals surface area contributed by atoms with Crippen molar-refractivity contribution >= 4 is 23.2 Å². The number of thiophene rings is 1. The number of carbonyl (C=O) groups is 2. The number of likely N-dealkylation sites (tertiary alicyclic amines) is 1. The number of carbonyl (C=O) groups excluding carboxylic acids is 2. The van der Waals surface area contributed by atoms with Crippen LogP contribution < -0.4 is 5.32 Å². The Bertz CT molecular complexity index is 490. The molecule has 0 bridgehead atoms. The summed E-state index contributed by atoms with van der Waals surface area (Å²) in [6.45, 7) is 6.81. The van der Waals surface area contributed by atoms with Crippen LogP contribution in [-0.2, 0) is 16.0 Å². The maximum atomic E-state index is 12.3. The normalized spacial score (nSPS) is 17.3. The summed E-state index contributed by atoms with van der Waals surface area (Å²) in [5.74, 6) is 0.0897. The minimum absolute atomic E-state index is 0.0174. The van der Waals surface area contributed by atoms with Crippen molar-refractivity contribution in [1.82, 2.24) is 10.2 Å². The first kappa shape index (κ1) is 15.8. The van der Waals surface area contributed by atoms with Gasteiger partial charge in [-0.2, -0.15) is 11.3 Å². The smallest absolute Gasteiger partial charge is 0.245 e. The third-order valence-electron chi connectivity index (χ3n) is 3.86. The van der Waals surface area contributed by atoms with E-state index in [0.29, 0.717) is 13.1 Å². The molecule has 0 aliphatic carbocycles. The van der Waals surface area contributed by atoms with Crippen molar-refractivity contribution < 1.29 is 9.59 Å². The molecule has 2 heterocycles. The summed E-state index contributed by atoms with van der Waals surface area (Å²) < 4.78 is 0. The van der Waals surface area contributed by atoms with E-state index in [9.17, 15) is 9.59 Å². The van der Waals surface area contributed by atoms with E-state index < -0.39 is 0 Å². The lowest BCUT2D eigenvalue weighted by Gasteiger charge is -2.31. The molecule has 2 amide bonds. The topological polar surface area (TPSA) is 49.4 Å². The maximum Gasteiger partial charge on any atom is 0.245 e. The van der Waals surface area contributed by atoms with Crippen molar-refractivity contribution in [3.05, 3.63) is 35.0 Å². The second-order valence-electron chi connectivity index (χ2n) is 5.55. The minimum Gasteiger partial charge on any atom is -0.353 e. The van der Waals surface area contributed by atoms with Gasteiger partial charge >= 0.3 is 0 Å². The highest BCUT2D eigenvalue weighted by atomic mass is 32.1. The van der Waals surface area contributed by atoms with E-state index in [1.807, 2.05) is 6.92 Å². The molecule has 1 saturated heterocycles. The van der Waals surface area contributed by atoms with Crippen molar-refractivity contribution in [2.24, 2.45) is 5.92 Å². The van der Waals surface area contributed by atoms with Crippen LogP contribution in [0.15, 0.2) is 29.5 Å². The minimum atomic E-state index is -0.0420. The zero-order chi connectivity index (χ0) is 15.2. The van der Waals surface area contributed by atoms with Gasteiger partial charge in [0, 0.05) is 25.0 Å². The van der Waals surface area contributed by atoms with E-state index >= 15 is 0 Å². The molecule has 1 N–H and O–H groups in total. The molecule has 0 aromatic carbocycles. The van der Waals surface area contributed by atoms with Crippen molar-refractivity contribution in [1.29, 1.82) is 0 Å². The number of hydrogen-bond acceptors (Lipinski definition) is 3. The molecule has 1 atom stereocenters.